The Morgan fingerprint density at radius 3 is 2.31 bits per heavy atom. The maximum atomic E-state index is 12.2. The van der Waals surface area contributed by atoms with Crippen LogP contribution in [-0.4, -0.2) is 5.78 Å². The Hall–Kier alpha value is -1.89. The molecule has 1 nitrogen and oxygen atoms in total. The van der Waals surface area contributed by atoms with Crippen LogP contribution in [0.5, 0.6) is 0 Å². The van der Waals surface area contributed by atoms with Crippen molar-refractivity contribution in [3.05, 3.63) is 58.7 Å². The topological polar surface area (TPSA) is 17.1 Å². The lowest BCUT2D eigenvalue weighted by Crippen LogP contribution is -1.95. The van der Waals surface area contributed by atoms with Gasteiger partial charge in [0.15, 0.2) is 5.78 Å². The van der Waals surface area contributed by atoms with Crippen molar-refractivity contribution in [3.8, 4) is 11.1 Å². The first kappa shape index (κ1) is 9.34. The molecule has 1 aliphatic carbocycles. The molecular formula is C15H12O. The smallest absolute Gasteiger partial charge is 0.194 e. The Bertz CT molecular complexity index is 609. The summed E-state index contributed by atoms with van der Waals surface area (Å²) in [5, 5.41) is 0. The van der Waals surface area contributed by atoms with Crippen molar-refractivity contribution in [1.82, 2.24) is 0 Å². The maximum Gasteiger partial charge on any atom is 0.194 e. The summed E-state index contributed by atoms with van der Waals surface area (Å²) in [5.41, 5.74) is 6.24. The maximum absolute atomic E-state index is 12.2. The third kappa shape index (κ3) is 1.09. The van der Waals surface area contributed by atoms with Crippen molar-refractivity contribution in [3.63, 3.8) is 0 Å². The highest BCUT2D eigenvalue weighted by Gasteiger charge is 2.27. The molecule has 0 aliphatic heterocycles. The van der Waals surface area contributed by atoms with Gasteiger partial charge in [-0.25, -0.2) is 0 Å². The lowest BCUT2D eigenvalue weighted by Gasteiger charge is -2.05. The van der Waals surface area contributed by atoms with Crippen LogP contribution < -0.4 is 0 Å². The number of fused-ring (bicyclic) bond motifs is 3. The van der Waals surface area contributed by atoms with Gasteiger partial charge in [-0.05, 0) is 36.6 Å². The highest BCUT2D eigenvalue weighted by molar-refractivity contribution is 6.22. The average molecular weight is 208 g/mol. The van der Waals surface area contributed by atoms with Gasteiger partial charge in [0, 0.05) is 11.1 Å². The summed E-state index contributed by atoms with van der Waals surface area (Å²) in [6.45, 7) is 4.10. The number of aryl methyl sites for hydroxylation is 2. The minimum atomic E-state index is 0.164. The van der Waals surface area contributed by atoms with Crippen LogP contribution in [0.2, 0.25) is 0 Å². The molecule has 78 valence electrons. The van der Waals surface area contributed by atoms with Gasteiger partial charge < -0.3 is 0 Å². The van der Waals surface area contributed by atoms with E-state index in [0.29, 0.717) is 0 Å². The van der Waals surface area contributed by atoms with E-state index in [0.717, 1.165) is 27.8 Å². The van der Waals surface area contributed by atoms with Crippen LogP contribution >= 0.6 is 0 Å². The lowest BCUT2D eigenvalue weighted by atomic mass is 9.98. The SMILES string of the molecule is Cc1cc(C)c2c(c1)C(=O)c1ccccc1-2. The van der Waals surface area contributed by atoms with Crippen LogP contribution in [0.15, 0.2) is 36.4 Å². The van der Waals surface area contributed by atoms with E-state index in [1.54, 1.807) is 0 Å². The Morgan fingerprint density at radius 2 is 1.56 bits per heavy atom. The summed E-state index contributed by atoms with van der Waals surface area (Å²) in [5.74, 6) is 0.164. The molecule has 2 aromatic carbocycles. The van der Waals surface area contributed by atoms with Crippen molar-refractivity contribution >= 4 is 5.78 Å². The predicted molar refractivity (Wildman–Crippen MR) is 64.8 cm³/mol. The second-order valence-electron chi connectivity index (χ2n) is 4.38. The first-order chi connectivity index (χ1) is 7.68. The molecule has 16 heavy (non-hydrogen) atoms. The standard InChI is InChI=1S/C15H12O/c1-9-7-10(2)14-11-5-3-4-6-12(11)15(16)13(14)8-9/h3-8H,1-2H3. The van der Waals surface area contributed by atoms with Gasteiger partial charge in [0.1, 0.15) is 0 Å². The third-order valence-electron chi connectivity index (χ3n) is 3.17. The van der Waals surface area contributed by atoms with Crippen LogP contribution in [0.25, 0.3) is 11.1 Å². The molecular weight excluding hydrogens is 196 g/mol. The zero-order valence-corrected chi connectivity index (χ0v) is 9.37. The Balaban J connectivity index is 2.43. The molecule has 0 radical (unpaired) electrons. The summed E-state index contributed by atoms with van der Waals surface area (Å²) >= 11 is 0. The fourth-order valence-corrected chi connectivity index (χ4v) is 2.55. The minimum absolute atomic E-state index is 0.164. The largest absolute Gasteiger partial charge is 0.289 e. The molecule has 0 atom stereocenters. The summed E-state index contributed by atoms with van der Waals surface area (Å²) in [6.07, 6.45) is 0. The van der Waals surface area contributed by atoms with Crippen LogP contribution in [0.4, 0.5) is 0 Å². The van der Waals surface area contributed by atoms with Crippen LogP contribution in [0.3, 0.4) is 0 Å². The normalized spacial score (nSPS) is 12.5. The van der Waals surface area contributed by atoms with E-state index in [2.05, 4.69) is 13.0 Å². The van der Waals surface area contributed by atoms with E-state index in [4.69, 9.17) is 0 Å². The number of benzene rings is 2. The summed E-state index contributed by atoms with van der Waals surface area (Å²) in [4.78, 5) is 12.2. The fourth-order valence-electron chi connectivity index (χ4n) is 2.55. The molecule has 0 amide bonds. The second kappa shape index (κ2) is 3.05. The number of hydrogen-bond donors (Lipinski definition) is 0. The molecule has 0 heterocycles. The van der Waals surface area contributed by atoms with E-state index < -0.39 is 0 Å². The zero-order chi connectivity index (χ0) is 11.3. The molecule has 1 heteroatoms. The van der Waals surface area contributed by atoms with E-state index in [1.807, 2.05) is 37.3 Å². The predicted octanol–water partition coefficient (Wildman–Crippen LogP) is 3.51. The summed E-state index contributed by atoms with van der Waals surface area (Å²) in [6, 6.07) is 12.0. The second-order valence-corrected chi connectivity index (χ2v) is 4.38. The molecule has 0 spiro atoms. The highest BCUT2D eigenvalue weighted by atomic mass is 16.1. The fraction of sp³-hybridized carbons (Fsp3) is 0.133. The zero-order valence-electron chi connectivity index (χ0n) is 9.37. The minimum Gasteiger partial charge on any atom is -0.289 e. The van der Waals surface area contributed by atoms with Crippen molar-refractivity contribution in [1.29, 1.82) is 0 Å². The van der Waals surface area contributed by atoms with Crippen molar-refractivity contribution in [2.75, 3.05) is 0 Å². The third-order valence-corrected chi connectivity index (χ3v) is 3.17. The molecule has 3 rings (SSSR count). The Morgan fingerprint density at radius 1 is 0.875 bits per heavy atom. The number of carbonyl (C=O) groups excluding carboxylic acids is 1. The van der Waals surface area contributed by atoms with Crippen LogP contribution in [0, 0.1) is 13.8 Å². The van der Waals surface area contributed by atoms with E-state index >= 15 is 0 Å². The molecule has 1 aliphatic rings. The molecule has 0 N–H and O–H groups in total. The van der Waals surface area contributed by atoms with E-state index in [9.17, 15) is 4.79 Å². The van der Waals surface area contributed by atoms with Crippen molar-refractivity contribution in [2.24, 2.45) is 0 Å². The molecule has 0 unspecified atom stereocenters. The Kier molecular flexibility index (Phi) is 1.78. The first-order valence-corrected chi connectivity index (χ1v) is 5.44. The number of ketones is 1. The summed E-state index contributed by atoms with van der Waals surface area (Å²) < 4.78 is 0. The lowest BCUT2D eigenvalue weighted by molar-refractivity contribution is 0.104. The summed E-state index contributed by atoms with van der Waals surface area (Å²) in [7, 11) is 0. The van der Waals surface area contributed by atoms with Gasteiger partial charge in [0.05, 0.1) is 0 Å². The van der Waals surface area contributed by atoms with Gasteiger partial charge in [0.2, 0.25) is 0 Å². The number of hydrogen-bond acceptors (Lipinski definition) is 1. The van der Waals surface area contributed by atoms with Gasteiger partial charge in [0.25, 0.3) is 0 Å². The van der Waals surface area contributed by atoms with Crippen molar-refractivity contribution in [2.45, 2.75) is 13.8 Å². The van der Waals surface area contributed by atoms with Gasteiger partial charge in [-0.2, -0.15) is 0 Å². The van der Waals surface area contributed by atoms with Crippen LogP contribution in [0.1, 0.15) is 27.0 Å². The Labute approximate surface area is 94.7 Å². The van der Waals surface area contributed by atoms with Gasteiger partial charge in [-0.3, -0.25) is 4.79 Å². The number of rotatable bonds is 0. The van der Waals surface area contributed by atoms with E-state index in [1.165, 1.54) is 5.56 Å². The van der Waals surface area contributed by atoms with E-state index in [-0.39, 0.29) is 5.78 Å². The van der Waals surface area contributed by atoms with Gasteiger partial charge in [-0.1, -0.05) is 35.9 Å². The number of carbonyl (C=O) groups is 1. The van der Waals surface area contributed by atoms with Gasteiger partial charge in [-0.15, -0.1) is 0 Å². The molecule has 2 aromatic rings. The van der Waals surface area contributed by atoms with Crippen LogP contribution in [-0.2, 0) is 0 Å². The molecule has 0 saturated carbocycles. The van der Waals surface area contributed by atoms with Gasteiger partial charge >= 0.3 is 0 Å². The van der Waals surface area contributed by atoms with Crippen molar-refractivity contribution < 1.29 is 4.79 Å². The molecule has 0 aromatic heterocycles. The highest BCUT2D eigenvalue weighted by Crippen LogP contribution is 2.38. The first-order valence-electron chi connectivity index (χ1n) is 5.44. The quantitative estimate of drug-likeness (QED) is 0.552. The molecule has 0 fully saturated rings. The molecule has 0 saturated heterocycles. The average Bonchev–Trinajstić information content (AvgIpc) is 2.54. The molecule has 0 bridgehead atoms. The monoisotopic (exact) mass is 208 g/mol.